The highest BCUT2D eigenvalue weighted by molar-refractivity contribution is 7.46. The largest absolute Gasteiger partial charge is 0.235 e. The van der Waals surface area contributed by atoms with Crippen LogP contribution < -0.4 is 0 Å². The van der Waals surface area contributed by atoms with Crippen LogP contribution in [0.25, 0.3) is 0 Å². The fourth-order valence-corrected chi connectivity index (χ4v) is 1.000. The molecule has 4 nitrogen and oxygen atoms in total. The van der Waals surface area contributed by atoms with E-state index in [0.29, 0.717) is 0 Å². The van der Waals surface area contributed by atoms with Crippen molar-refractivity contribution >= 4 is 49.7 Å². The molecule has 27 heavy (non-hydrogen) atoms. The molecule has 0 aromatic carbocycles. The molecule has 4 saturated carbocycles. The maximum Gasteiger partial charge on any atom is 0.0324 e. The Morgan fingerprint density at radius 3 is 0.259 bits per heavy atom. The van der Waals surface area contributed by atoms with Gasteiger partial charge >= 0.3 is 0 Å². The molecule has 0 spiro atoms. The zero-order valence-corrected chi connectivity index (χ0v) is 18.2. The Morgan fingerprint density at radius 2 is 0.259 bits per heavy atom. The van der Waals surface area contributed by atoms with Crippen molar-refractivity contribution in [1.29, 1.82) is 19.1 Å². The van der Waals surface area contributed by atoms with Crippen molar-refractivity contribution < 1.29 is 0 Å². The van der Waals surface area contributed by atoms with Gasteiger partial charge in [0.1, 0.15) is 0 Å². The lowest BCUT2D eigenvalue weighted by molar-refractivity contribution is 0.504. The van der Waals surface area contributed by atoms with E-state index in [2.05, 4.69) is 49.7 Å². The molecule has 0 atom stereocenters. The fourth-order valence-electron chi connectivity index (χ4n) is 1.000. The van der Waals surface area contributed by atoms with E-state index in [9.17, 15) is 0 Å². The molecule has 0 aromatic heterocycles. The first-order valence-electron chi connectivity index (χ1n) is 8.82. The monoisotopic (exact) mass is 460 g/mol. The third kappa shape index (κ3) is 58.5. The molecule has 168 valence electrons. The van der Waals surface area contributed by atoms with E-state index in [0.717, 1.165) is 0 Å². The summed E-state index contributed by atoms with van der Waals surface area (Å²) < 4.78 is 21.3. The van der Waals surface area contributed by atoms with Crippen LogP contribution in [0.1, 0.15) is 125 Å². The minimum atomic E-state index is 0. The molecule has 4 aliphatic rings. The van der Waals surface area contributed by atoms with Gasteiger partial charge in [-0.15, -0.1) is 0 Å². The summed E-state index contributed by atoms with van der Waals surface area (Å²) in [6, 6.07) is 0. The molecule has 0 heterocycles. The van der Waals surface area contributed by atoms with Gasteiger partial charge in [-0.3, -0.25) is 0 Å². The summed E-state index contributed by atoms with van der Waals surface area (Å²) in [5.74, 6) is 0. The van der Waals surface area contributed by atoms with E-state index in [1.165, 1.54) is 103 Å². The average molecular weight is 461 g/mol. The summed E-state index contributed by atoms with van der Waals surface area (Å²) in [5, 5.41) is 0. The maximum absolute atomic E-state index is 5.33. The van der Waals surface area contributed by atoms with Crippen LogP contribution in [0.4, 0.5) is 0 Å². The van der Waals surface area contributed by atoms with Gasteiger partial charge < -0.3 is 0 Å². The third-order valence-corrected chi connectivity index (χ3v) is 4.00. The quantitative estimate of drug-likeness (QED) is 0.289. The molecule has 0 amide bonds. The van der Waals surface area contributed by atoms with Crippen molar-refractivity contribution in [3.8, 4) is 0 Å². The Labute approximate surface area is 193 Å². The fraction of sp³-hybridized carbons (Fsp3) is 1.00. The van der Waals surface area contributed by atoms with Crippen LogP contribution in [0.3, 0.4) is 0 Å². The first-order valence-corrected chi connectivity index (χ1v) is 10.4. The summed E-state index contributed by atoms with van der Waals surface area (Å²) >= 11 is 13.3. The Bertz CT molecular complexity index is 133. The summed E-state index contributed by atoms with van der Waals surface area (Å²) in [4.78, 5) is 0. The highest BCUT2D eigenvalue weighted by atomic mass is 32.1. The van der Waals surface area contributed by atoms with E-state index < -0.39 is 0 Å². The average Bonchev–Trinajstić information content (AvgIpc) is 2.40. The van der Waals surface area contributed by atoms with E-state index in [1.54, 1.807) is 0 Å². The molecular formula is C19H48N4S4. The smallest absolute Gasteiger partial charge is 0.0324 e. The van der Waals surface area contributed by atoms with Crippen molar-refractivity contribution in [1.82, 2.24) is 0 Å². The maximum atomic E-state index is 5.33. The van der Waals surface area contributed by atoms with Gasteiger partial charge in [-0.2, -0.15) is 0 Å². The molecule has 0 aliphatic heterocycles. The molecule has 0 bridgehead atoms. The number of nitrogens with one attached hydrogen (secondary N) is 4. The van der Waals surface area contributed by atoms with Crippen molar-refractivity contribution in [2.24, 2.45) is 0 Å². The number of hydrogen-bond acceptors (Lipinski definition) is 8. The Balaban J connectivity index is -0.0000000342. The highest BCUT2D eigenvalue weighted by Crippen LogP contribution is 2.16. The summed E-state index contributed by atoms with van der Waals surface area (Å²) in [6.45, 7) is 0. The van der Waals surface area contributed by atoms with Crippen molar-refractivity contribution in [2.45, 2.75) is 125 Å². The van der Waals surface area contributed by atoms with Gasteiger partial charge in [0.25, 0.3) is 0 Å². The van der Waals surface area contributed by atoms with Crippen LogP contribution >= 0.6 is 0 Å². The van der Waals surface area contributed by atoms with Crippen molar-refractivity contribution in [3.63, 3.8) is 0 Å². The molecular weight excluding hydrogens is 413 g/mol. The molecule has 4 aliphatic carbocycles. The molecule has 4 N–H and O–H groups in total. The summed E-state index contributed by atoms with van der Waals surface area (Å²) in [7, 11) is 0. The predicted molar refractivity (Wildman–Crippen MR) is 134 cm³/mol. The molecule has 4 fully saturated rings. The van der Waals surface area contributed by atoms with Crippen LogP contribution in [0.2, 0.25) is 0 Å². The standard InChI is InChI=1S/4C4H8.3CH4.4HNS/c4*1-2-4-3-1;;;;4*1-2/h4*1-4H2;3*1H4;4*1H. The molecule has 0 radical (unpaired) electrons. The van der Waals surface area contributed by atoms with E-state index in [1.807, 2.05) is 0 Å². The van der Waals surface area contributed by atoms with E-state index in [-0.39, 0.29) is 22.3 Å². The summed E-state index contributed by atoms with van der Waals surface area (Å²) in [6.07, 6.45) is 24.0. The second-order valence-corrected chi connectivity index (χ2v) is 5.66. The predicted octanol–water partition coefficient (Wildman–Crippen LogP) is 9.33. The second-order valence-electron chi connectivity index (χ2n) is 5.66. The van der Waals surface area contributed by atoms with Crippen LogP contribution in [0.15, 0.2) is 0 Å². The highest BCUT2D eigenvalue weighted by Gasteiger charge is 1.96. The number of rotatable bonds is 0. The van der Waals surface area contributed by atoms with Gasteiger partial charge in [-0.05, 0) is 0 Å². The zero-order chi connectivity index (χ0) is 19.3. The molecule has 0 saturated heterocycles. The first kappa shape index (κ1) is 45.7. The topological polar surface area (TPSA) is 95.4 Å². The third-order valence-electron chi connectivity index (χ3n) is 4.00. The molecule has 0 aromatic rings. The van der Waals surface area contributed by atoms with E-state index >= 15 is 0 Å². The molecule has 4 rings (SSSR count). The zero-order valence-electron chi connectivity index (χ0n) is 14.9. The lowest BCUT2D eigenvalue weighted by Gasteiger charge is -2.05. The lowest BCUT2D eigenvalue weighted by Crippen LogP contribution is -1.85. The van der Waals surface area contributed by atoms with Gasteiger partial charge in [-0.1, -0.05) is 125 Å². The lowest BCUT2D eigenvalue weighted by atomic mass is 10.0. The van der Waals surface area contributed by atoms with Crippen LogP contribution in [0, 0.1) is 19.1 Å². The Morgan fingerprint density at radius 1 is 0.222 bits per heavy atom. The van der Waals surface area contributed by atoms with Gasteiger partial charge in [-0.25, -0.2) is 19.1 Å². The Kier molecular flexibility index (Phi) is 107. The normalized spacial score (nSPS) is 14.8. The van der Waals surface area contributed by atoms with Gasteiger partial charge in [0, 0.05) is 49.7 Å². The van der Waals surface area contributed by atoms with Crippen LogP contribution in [-0.2, 0) is 49.7 Å². The second kappa shape index (κ2) is 63.4. The van der Waals surface area contributed by atoms with Crippen LogP contribution in [0.5, 0.6) is 0 Å². The van der Waals surface area contributed by atoms with Gasteiger partial charge in [0.2, 0.25) is 0 Å². The van der Waals surface area contributed by atoms with Crippen molar-refractivity contribution in [2.75, 3.05) is 0 Å². The minimum absolute atomic E-state index is 0. The summed E-state index contributed by atoms with van der Waals surface area (Å²) in [5.41, 5.74) is 0. The van der Waals surface area contributed by atoms with Gasteiger partial charge in [0.15, 0.2) is 0 Å². The Hall–Kier alpha value is 0.0800. The van der Waals surface area contributed by atoms with Crippen LogP contribution in [-0.4, -0.2) is 0 Å². The molecule has 8 heteroatoms. The number of hydrogen-bond donors (Lipinski definition) is 4. The first-order chi connectivity index (χ1) is 12.0. The van der Waals surface area contributed by atoms with E-state index in [4.69, 9.17) is 19.1 Å². The molecule has 0 unspecified atom stereocenters. The van der Waals surface area contributed by atoms with Crippen molar-refractivity contribution in [3.05, 3.63) is 0 Å². The SMILES string of the molecule is C.C.C.C1CCC1.C1CCC1.C1CCC1.C1CCC1.N=S.N=S.N=S.N=S. The van der Waals surface area contributed by atoms with Gasteiger partial charge in [0.05, 0.1) is 0 Å². The minimum Gasteiger partial charge on any atom is -0.235 e.